The molecule has 0 saturated carbocycles. The van der Waals surface area contributed by atoms with Crippen LogP contribution in [0.25, 0.3) is 21.8 Å². The van der Waals surface area contributed by atoms with Crippen LogP contribution in [0.2, 0.25) is 0 Å². The molecule has 2 heterocycles. The number of benzene rings is 2. The summed E-state index contributed by atoms with van der Waals surface area (Å²) in [5.41, 5.74) is -0.157. The van der Waals surface area contributed by atoms with E-state index in [1.165, 1.54) is 17.0 Å². The van der Waals surface area contributed by atoms with Gasteiger partial charge in [-0.15, -0.1) is 0 Å². The van der Waals surface area contributed by atoms with Gasteiger partial charge in [-0.1, -0.05) is 0 Å². The number of amides is 1. The fourth-order valence-corrected chi connectivity index (χ4v) is 3.85. The van der Waals surface area contributed by atoms with Crippen molar-refractivity contribution in [2.75, 3.05) is 6.54 Å². The Morgan fingerprint density at radius 3 is 2.64 bits per heavy atom. The normalized spacial score (nSPS) is 16.8. The third-order valence-corrected chi connectivity index (χ3v) is 5.11. The number of likely N-dealkylation sites (tertiary alicyclic amines) is 1. The number of rotatable bonds is 3. The number of carboxylic acids is 1. The predicted octanol–water partition coefficient (Wildman–Crippen LogP) is 3.04. The molecule has 1 aromatic heterocycles. The van der Waals surface area contributed by atoms with Crippen LogP contribution >= 0.6 is 0 Å². The second-order valence-electron chi connectivity index (χ2n) is 6.91. The molecule has 28 heavy (non-hydrogen) atoms. The smallest absolute Gasteiger partial charge is 0.305 e. The maximum atomic E-state index is 14.2. The first-order valence-electron chi connectivity index (χ1n) is 8.82. The van der Waals surface area contributed by atoms with Crippen molar-refractivity contribution >= 4 is 33.7 Å². The number of pyridine rings is 1. The van der Waals surface area contributed by atoms with E-state index in [0.29, 0.717) is 24.9 Å². The molecule has 1 saturated heterocycles. The SMILES string of the molecule is O=C(O)CC1CCCN1C(=O)c1cc(F)cc2c(=O)c3cc(F)ccc3[nH]c12. The Morgan fingerprint density at radius 2 is 1.89 bits per heavy atom. The van der Waals surface area contributed by atoms with E-state index in [-0.39, 0.29) is 28.3 Å². The summed E-state index contributed by atoms with van der Waals surface area (Å²) in [6.45, 7) is 0.359. The van der Waals surface area contributed by atoms with Crippen LogP contribution in [0.5, 0.6) is 0 Å². The Balaban J connectivity index is 1.90. The summed E-state index contributed by atoms with van der Waals surface area (Å²) >= 11 is 0. The molecule has 4 rings (SSSR count). The number of carbonyl (C=O) groups is 2. The average molecular weight is 386 g/mol. The molecule has 0 aliphatic carbocycles. The fourth-order valence-electron chi connectivity index (χ4n) is 3.85. The van der Waals surface area contributed by atoms with Crippen LogP contribution < -0.4 is 5.43 Å². The first-order valence-corrected chi connectivity index (χ1v) is 8.82. The molecule has 0 bridgehead atoms. The van der Waals surface area contributed by atoms with Crippen LogP contribution in [-0.4, -0.2) is 39.5 Å². The minimum Gasteiger partial charge on any atom is -0.481 e. The summed E-state index contributed by atoms with van der Waals surface area (Å²) in [5, 5.41) is 9.06. The topological polar surface area (TPSA) is 90.5 Å². The lowest BCUT2D eigenvalue weighted by Gasteiger charge is -2.24. The summed E-state index contributed by atoms with van der Waals surface area (Å²) in [4.78, 5) is 41.3. The van der Waals surface area contributed by atoms with Crippen molar-refractivity contribution in [1.82, 2.24) is 9.88 Å². The van der Waals surface area contributed by atoms with Gasteiger partial charge >= 0.3 is 5.97 Å². The molecular formula is C20H16F2N2O4. The lowest BCUT2D eigenvalue weighted by Crippen LogP contribution is -2.37. The van der Waals surface area contributed by atoms with Gasteiger partial charge in [-0.25, -0.2) is 8.78 Å². The molecule has 0 radical (unpaired) electrons. The highest BCUT2D eigenvalue weighted by Gasteiger charge is 2.32. The minimum atomic E-state index is -1.02. The van der Waals surface area contributed by atoms with Gasteiger partial charge in [-0.3, -0.25) is 14.4 Å². The third kappa shape index (κ3) is 3.00. The highest BCUT2D eigenvalue weighted by Crippen LogP contribution is 2.26. The fraction of sp³-hybridized carbons (Fsp3) is 0.250. The van der Waals surface area contributed by atoms with Crippen molar-refractivity contribution < 1.29 is 23.5 Å². The van der Waals surface area contributed by atoms with Crippen molar-refractivity contribution in [3.63, 3.8) is 0 Å². The van der Waals surface area contributed by atoms with E-state index in [1.54, 1.807) is 0 Å². The number of aliphatic carboxylic acids is 1. The van der Waals surface area contributed by atoms with E-state index in [4.69, 9.17) is 5.11 Å². The highest BCUT2D eigenvalue weighted by atomic mass is 19.1. The molecule has 2 aromatic carbocycles. The molecule has 1 amide bonds. The van der Waals surface area contributed by atoms with Gasteiger partial charge in [0.25, 0.3) is 5.91 Å². The van der Waals surface area contributed by atoms with Gasteiger partial charge in [-0.2, -0.15) is 0 Å². The third-order valence-electron chi connectivity index (χ3n) is 5.11. The van der Waals surface area contributed by atoms with Gasteiger partial charge < -0.3 is 15.0 Å². The number of hydrogen-bond acceptors (Lipinski definition) is 3. The molecule has 1 aliphatic rings. The number of nitrogens with zero attached hydrogens (tertiary/aromatic N) is 1. The van der Waals surface area contributed by atoms with E-state index in [2.05, 4.69) is 4.98 Å². The van der Waals surface area contributed by atoms with Crippen molar-refractivity contribution in [3.8, 4) is 0 Å². The largest absolute Gasteiger partial charge is 0.481 e. The minimum absolute atomic E-state index is 0.0457. The molecule has 8 heteroatoms. The second kappa shape index (κ2) is 6.70. The maximum Gasteiger partial charge on any atom is 0.305 e. The molecule has 144 valence electrons. The van der Waals surface area contributed by atoms with Gasteiger partial charge in [0, 0.05) is 28.9 Å². The molecule has 6 nitrogen and oxygen atoms in total. The quantitative estimate of drug-likeness (QED) is 0.677. The number of H-pyrrole nitrogens is 1. The second-order valence-corrected chi connectivity index (χ2v) is 6.91. The Kier molecular flexibility index (Phi) is 4.33. The van der Waals surface area contributed by atoms with E-state index < -0.39 is 35.0 Å². The molecule has 1 aliphatic heterocycles. The Hall–Kier alpha value is -3.29. The summed E-state index contributed by atoms with van der Waals surface area (Å²) in [6, 6.07) is 5.18. The van der Waals surface area contributed by atoms with Crippen LogP contribution in [0.4, 0.5) is 8.78 Å². The van der Waals surface area contributed by atoms with Crippen molar-refractivity contribution in [1.29, 1.82) is 0 Å². The number of carboxylic acid groups (broad SMARTS) is 1. The van der Waals surface area contributed by atoms with Gasteiger partial charge in [0.1, 0.15) is 11.6 Å². The first kappa shape index (κ1) is 18.1. The Bertz CT molecular complexity index is 1190. The van der Waals surface area contributed by atoms with Crippen LogP contribution in [0, 0.1) is 11.6 Å². The summed E-state index contributed by atoms with van der Waals surface area (Å²) in [6.07, 6.45) is 0.997. The predicted molar refractivity (Wildman–Crippen MR) is 98.3 cm³/mol. The summed E-state index contributed by atoms with van der Waals surface area (Å²) in [7, 11) is 0. The highest BCUT2D eigenvalue weighted by molar-refractivity contribution is 6.08. The van der Waals surface area contributed by atoms with Gasteiger partial charge in [0.15, 0.2) is 5.43 Å². The van der Waals surface area contributed by atoms with Crippen LogP contribution in [-0.2, 0) is 4.79 Å². The van der Waals surface area contributed by atoms with Crippen molar-refractivity contribution in [3.05, 3.63) is 57.8 Å². The maximum absolute atomic E-state index is 14.2. The molecular weight excluding hydrogens is 370 g/mol. The molecule has 1 unspecified atom stereocenters. The van der Waals surface area contributed by atoms with E-state index in [1.807, 2.05) is 0 Å². The van der Waals surface area contributed by atoms with E-state index in [9.17, 15) is 23.2 Å². The zero-order chi connectivity index (χ0) is 20.0. The number of halogens is 2. The molecule has 0 spiro atoms. The van der Waals surface area contributed by atoms with Crippen molar-refractivity contribution in [2.45, 2.75) is 25.3 Å². The number of fused-ring (bicyclic) bond motifs is 2. The van der Waals surface area contributed by atoms with Gasteiger partial charge in [-0.05, 0) is 43.2 Å². The Morgan fingerprint density at radius 1 is 1.14 bits per heavy atom. The van der Waals surface area contributed by atoms with Gasteiger partial charge in [0.2, 0.25) is 0 Å². The summed E-state index contributed by atoms with van der Waals surface area (Å²) < 4.78 is 27.7. The van der Waals surface area contributed by atoms with Crippen molar-refractivity contribution in [2.24, 2.45) is 0 Å². The standard InChI is InChI=1S/C20H16F2N2O4/c21-10-3-4-16-13(6-10)19(27)14-7-11(22)8-15(18(14)23-16)20(28)24-5-1-2-12(24)9-17(25)26/h3-4,6-8,12H,1-2,5,9H2,(H,23,27)(H,25,26). The van der Waals surface area contributed by atoms with Crippen LogP contribution in [0.3, 0.4) is 0 Å². The zero-order valence-corrected chi connectivity index (χ0v) is 14.7. The Labute approximate surface area is 157 Å². The molecule has 3 aromatic rings. The van der Waals surface area contributed by atoms with Crippen LogP contribution in [0.15, 0.2) is 35.1 Å². The number of aromatic amines is 1. The first-order chi connectivity index (χ1) is 13.3. The molecule has 1 fully saturated rings. The monoisotopic (exact) mass is 386 g/mol. The average Bonchev–Trinajstić information content (AvgIpc) is 3.09. The molecule has 1 atom stereocenters. The van der Waals surface area contributed by atoms with E-state index in [0.717, 1.165) is 18.2 Å². The van der Waals surface area contributed by atoms with Crippen LogP contribution in [0.1, 0.15) is 29.6 Å². The van der Waals surface area contributed by atoms with E-state index >= 15 is 0 Å². The lowest BCUT2D eigenvalue weighted by molar-refractivity contribution is -0.137. The number of hydrogen-bond donors (Lipinski definition) is 2. The summed E-state index contributed by atoms with van der Waals surface area (Å²) in [5.74, 6) is -2.93. The number of aromatic nitrogens is 1. The number of carbonyl (C=O) groups excluding carboxylic acids is 1. The zero-order valence-electron chi connectivity index (χ0n) is 14.7. The molecule has 2 N–H and O–H groups in total. The van der Waals surface area contributed by atoms with Gasteiger partial charge in [0.05, 0.1) is 17.5 Å². The lowest BCUT2D eigenvalue weighted by atomic mass is 10.0. The number of nitrogens with one attached hydrogen (secondary N) is 1.